The number of ether oxygens (including phenoxy) is 1. The lowest BCUT2D eigenvalue weighted by molar-refractivity contribution is -0.0812. The van der Waals surface area contributed by atoms with E-state index in [1.807, 2.05) is 7.85 Å². The first-order valence-corrected chi connectivity index (χ1v) is 4.97. The van der Waals surface area contributed by atoms with E-state index in [9.17, 15) is 5.11 Å². The van der Waals surface area contributed by atoms with Crippen molar-refractivity contribution in [2.75, 3.05) is 13.2 Å². The van der Waals surface area contributed by atoms with Crippen molar-refractivity contribution in [3.05, 3.63) is 0 Å². The summed E-state index contributed by atoms with van der Waals surface area (Å²) in [7, 11) is 2.02. The van der Waals surface area contributed by atoms with Crippen molar-refractivity contribution in [3.63, 3.8) is 0 Å². The van der Waals surface area contributed by atoms with Crippen molar-refractivity contribution in [1.82, 2.24) is 0 Å². The number of hydrogen-bond donors (Lipinski definition) is 2. The van der Waals surface area contributed by atoms with Crippen molar-refractivity contribution in [1.29, 1.82) is 0 Å². The zero-order chi connectivity index (χ0) is 10.1. The highest BCUT2D eigenvalue weighted by Crippen LogP contribution is 2.41. The van der Waals surface area contributed by atoms with Gasteiger partial charge in [-0.1, -0.05) is 13.8 Å². The summed E-state index contributed by atoms with van der Waals surface area (Å²) in [5.74, 6) is 0.748. The Morgan fingerprint density at radius 3 is 2.31 bits per heavy atom. The van der Waals surface area contributed by atoms with Crippen LogP contribution in [0, 0.1) is 11.8 Å². The van der Waals surface area contributed by atoms with E-state index in [2.05, 4.69) is 13.8 Å². The highest BCUT2D eigenvalue weighted by Gasteiger charge is 2.47. The van der Waals surface area contributed by atoms with Crippen molar-refractivity contribution in [2.45, 2.75) is 31.9 Å². The predicted octanol–water partition coefficient (Wildman–Crippen LogP) is -0.639. The lowest BCUT2D eigenvalue weighted by Crippen LogP contribution is -2.40. The van der Waals surface area contributed by atoms with E-state index in [1.54, 1.807) is 0 Å². The van der Waals surface area contributed by atoms with Gasteiger partial charge < -0.3 is 14.9 Å². The molecule has 0 aliphatic carbocycles. The molecule has 4 atom stereocenters. The number of aliphatic hydroxyl groups is 2. The summed E-state index contributed by atoms with van der Waals surface area (Å²) >= 11 is 0. The molecule has 1 aliphatic rings. The van der Waals surface area contributed by atoms with Crippen LogP contribution in [0.1, 0.15) is 20.3 Å². The molecule has 1 fully saturated rings. The van der Waals surface area contributed by atoms with Crippen LogP contribution in [0.15, 0.2) is 0 Å². The van der Waals surface area contributed by atoms with Crippen LogP contribution in [0.25, 0.3) is 0 Å². The van der Waals surface area contributed by atoms with Gasteiger partial charge in [0.05, 0.1) is 12.2 Å². The van der Waals surface area contributed by atoms with Crippen molar-refractivity contribution in [2.24, 2.45) is 11.8 Å². The Balaban J connectivity index is 2.76. The van der Waals surface area contributed by atoms with Gasteiger partial charge in [0.15, 0.2) is 0 Å². The molecule has 76 valence electrons. The average molecular weight is 186 g/mol. The van der Waals surface area contributed by atoms with E-state index in [-0.39, 0.29) is 19.2 Å². The standard InChI is InChI=1S/C9H19BO3/c1-6-7(2)9(5-12,3-4-11)13-8(6)10/h6-8,11-12H,3-5,10H2,1-2H3/t6?,7-,8-,9-/m1/s1. The van der Waals surface area contributed by atoms with Gasteiger partial charge in [0.25, 0.3) is 0 Å². The minimum absolute atomic E-state index is 0.00338. The third-order valence-electron chi connectivity index (χ3n) is 3.58. The molecular formula is C9H19BO3. The van der Waals surface area contributed by atoms with Crippen LogP contribution in [0.3, 0.4) is 0 Å². The van der Waals surface area contributed by atoms with E-state index in [0.29, 0.717) is 18.3 Å². The molecule has 1 saturated heterocycles. The maximum Gasteiger partial charge on any atom is 0.139 e. The van der Waals surface area contributed by atoms with E-state index in [0.717, 1.165) is 0 Å². The third kappa shape index (κ3) is 1.76. The number of rotatable bonds is 3. The van der Waals surface area contributed by atoms with Gasteiger partial charge in [-0.05, 0) is 11.8 Å². The Labute approximate surface area is 80.5 Å². The first kappa shape index (κ1) is 11.0. The fraction of sp³-hybridized carbons (Fsp3) is 1.00. The Kier molecular flexibility index (Phi) is 3.38. The molecule has 0 aromatic heterocycles. The molecule has 1 aliphatic heterocycles. The fourth-order valence-corrected chi connectivity index (χ4v) is 2.21. The largest absolute Gasteiger partial charge is 0.396 e. The first-order chi connectivity index (χ1) is 6.07. The molecule has 0 amide bonds. The molecule has 3 nitrogen and oxygen atoms in total. The van der Waals surface area contributed by atoms with Gasteiger partial charge in [0.1, 0.15) is 7.85 Å². The molecule has 0 bridgehead atoms. The maximum absolute atomic E-state index is 9.32. The number of hydrogen-bond acceptors (Lipinski definition) is 3. The van der Waals surface area contributed by atoms with Gasteiger partial charge in [0.2, 0.25) is 0 Å². The minimum Gasteiger partial charge on any atom is -0.396 e. The molecule has 0 spiro atoms. The van der Waals surface area contributed by atoms with E-state index in [4.69, 9.17) is 9.84 Å². The second kappa shape index (κ2) is 3.99. The Morgan fingerprint density at radius 1 is 1.38 bits per heavy atom. The molecule has 13 heavy (non-hydrogen) atoms. The van der Waals surface area contributed by atoms with E-state index >= 15 is 0 Å². The summed E-state index contributed by atoms with van der Waals surface area (Å²) in [5.41, 5.74) is -0.506. The maximum atomic E-state index is 9.32. The summed E-state index contributed by atoms with van der Waals surface area (Å²) in [6.07, 6.45) is 0.527. The second-order valence-corrected chi connectivity index (χ2v) is 4.17. The molecule has 1 rings (SSSR count). The van der Waals surface area contributed by atoms with Crippen LogP contribution in [-0.4, -0.2) is 42.9 Å². The van der Waals surface area contributed by atoms with Crippen LogP contribution >= 0.6 is 0 Å². The van der Waals surface area contributed by atoms with Crippen LogP contribution < -0.4 is 0 Å². The lowest BCUT2D eigenvalue weighted by Gasteiger charge is -2.31. The molecule has 1 unspecified atom stereocenters. The van der Waals surface area contributed by atoms with Crippen LogP contribution in [0.5, 0.6) is 0 Å². The summed E-state index contributed by atoms with van der Waals surface area (Å²) in [6.45, 7) is 4.29. The third-order valence-corrected chi connectivity index (χ3v) is 3.58. The van der Waals surface area contributed by atoms with Gasteiger partial charge >= 0.3 is 0 Å². The van der Waals surface area contributed by atoms with Crippen LogP contribution in [-0.2, 0) is 4.74 Å². The predicted molar refractivity (Wildman–Crippen MR) is 53.3 cm³/mol. The van der Waals surface area contributed by atoms with Gasteiger partial charge in [-0.25, -0.2) is 0 Å². The molecule has 4 heteroatoms. The van der Waals surface area contributed by atoms with Gasteiger partial charge in [-0.2, -0.15) is 0 Å². The van der Waals surface area contributed by atoms with Crippen molar-refractivity contribution < 1.29 is 14.9 Å². The summed E-state index contributed by atoms with van der Waals surface area (Å²) < 4.78 is 5.75. The van der Waals surface area contributed by atoms with Gasteiger partial charge in [0, 0.05) is 19.0 Å². The van der Waals surface area contributed by atoms with Crippen molar-refractivity contribution in [3.8, 4) is 0 Å². The average Bonchev–Trinajstić information content (AvgIpc) is 2.32. The molecule has 0 saturated carbocycles. The van der Waals surface area contributed by atoms with Gasteiger partial charge in [-0.15, -0.1) is 0 Å². The summed E-state index contributed by atoms with van der Waals surface area (Å²) in [5, 5.41) is 18.2. The Morgan fingerprint density at radius 2 is 2.00 bits per heavy atom. The van der Waals surface area contributed by atoms with Gasteiger partial charge in [-0.3, -0.25) is 0 Å². The number of aliphatic hydroxyl groups excluding tert-OH is 2. The molecule has 0 radical (unpaired) electrons. The van der Waals surface area contributed by atoms with Crippen molar-refractivity contribution >= 4 is 7.85 Å². The molecular weight excluding hydrogens is 167 g/mol. The normalized spacial score (nSPS) is 45.4. The second-order valence-electron chi connectivity index (χ2n) is 4.17. The molecule has 2 N–H and O–H groups in total. The highest BCUT2D eigenvalue weighted by atomic mass is 16.5. The Hall–Kier alpha value is -0.0551. The van der Waals surface area contributed by atoms with E-state index < -0.39 is 5.60 Å². The Bertz CT molecular complexity index is 176. The quantitative estimate of drug-likeness (QED) is 0.576. The minimum atomic E-state index is -0.506. The van der Waals surface area contributed by atoms with Crippen LogP contribution in [0.2, 0.25) is 0 Å². The molecule has 0 aromatic carbocycles. The highest BCUT2D eigenvalue weighted by molar-refractivity contribution is 6.11. The molecule has 0 aromatic rings. The SMILES string of the molecule is B[C@@H]1O[C@@](CO)(CCO)[C@H](C)C1C. The zero-order valence-electron chi connectivity index (χ0n) is 8.66. The van der Waals surface area contributed by atoms with E-state index in [1.165, 1.54) is 0 Å². The summed E-state index contributed by atoms with van der Waals surface area (Å²) in [6, 6.07) is 0.175. The monoisotopic (exact) mass is 186 g/mol. The fourth-order valence-electron chi connectivity index (χ4n) is 2.21. The topological polar surface area (TPSA) is 49.7 Å². The molecule has 1 heterocycles. The lowest BCUT2D eigenvalue weighted by atomic mass is 9.76. The smallest absolute Gasteiger partial charge is 0.139 e. The first-order valence-electron chi connectivity index (χ1n) is 4.97. The summed E-state index contributed by atoms with van der Waals surface area (Å²) in [4.78, 5) is 0. The van der Waals surface area contributed by atoms with Crippen LogP contribution in [0.4, 0.5) is 0 Å². The zero-order valence-corrected chi connectivity index (χ0v) is 8.66.